The van der Waals surface area contributed by atoms with Crippen LogP contribution in [0.15, 0.2) is 18.2 Å². The first kappa shape index (κ1) is 21.9. The van der Waals surface area contributed by atoms with Crippen LogP contribution in [0.3, 0.4) is 0 Å². The molecule has 1 N–H and O–H groups in total. The highest BCUT2D eigenvalue weighted by Gasteiger charge is 2.35. The molecule has 0 unspecified atom stereocenters. The predicted molar refractivity (Wildman–Crippen MR) is 98.0 cm³/mol. The number of hydrogen-bond acceptors (Lipinski definition) is 10. The Morgan fingerprint density at radius 1 is 1.03 bits per heavy atom. The van der Waals surface area contributed by atoms with Gasteiger partial charge < -0.3 is 24.9 Å². The number of rotatable bonds is 7. The second-order valence-corrected chi connectivity index (χ2v) is 5.76. The molecule has 2 aromatic rings. The number of aromatic nitrogens is 2. The van der Waals surface area contributed by atoms with E-state index in [2.05, 4.69) is 19.9 Å². The average molecular weight is 421 g/mol. The summed E-state index contributed by atoms with van der Waals surface area (Å²) in [7, 11) is 2.26. The maximum absolute atomic E-state index is 12.4. The van der Waals surface area contributed by atoms with E-state index in [0.717, 1.165) is 18.9 Å². The van der Waals surface area contributed by atoms with Crippen LogP contribution < -0.4 is 5.32 Å². The molecule has 0 bridgehead atoms. The van der Waals surface area contributed by atoms with Gasteiger partial charge in [0.15, 0.2) is 0 Å². The van der Waals surface area contributed by atoms with Crippen molar-refractivity contribution in [3.63, 3.8) is 0 Å². The van der Waals surface area contributed by atoms with E-state index < -0.39 is 45.7 Å². The Morgan fingerprint density at radius 3 is 1.97 bits per heavy atom. The minimum absolute atomic E-state index is 0.0251. The molecule has 1 aromatic carbocycles. The van der Waals surface area contributed by atoms with E-state index in [0.29, 0.717) is 0 Å². The third-order valence-corrected chi connectivity index (χ3v) is 3.86. The summed E-state index contributed by atoms with van der Waals surface area (Å²) in [6.07, 6.45) is 0. The quantitative estimate of drug-likeness (QED) is 0.387. The summed E-state index contributed by atoms with van der Waals surface area (Å²) < 4.78 is 9.98. The number of nitrogens with one attached hydrogen (secondary N) is 1. The molecule has 1 heterocycles. The first-order valence-electron chi connectivity index (χ1n) is 8.06. The van der Waals surface area contributed by atoms with Gasteiger partial charge in [0.05, 0.1) is 35.4 Å². The highest BCUT2D eigenvalue weighted by molar-refractivity contribution is 5.99. The van der Waals surface area contributed by atoms with E-state index in [9.17, 15) is 34.6 Å². The van der Waals surface area contributed by atoms with Gasteiger partial charge in [-0.25, -0.2) is 9.59 Å². The maximum Gasteiger partial charge on any atom is 0.468 e. The number of nitro groups is 2. The van der Waals surface area contributed by atoms with Gasteiger partial charge in [0, 0.05) is 5.69 Å². The molecule has 0 fully saturated rings. The second-order valence-electron chi connectivity index (χ2n) is 5.76. The molecule has 158 valence electrons. The fourth-order valence-electron chi connectivity index (χ4n) is 2.52. The summed E-state index contributed by atoms with van der Waals surface area (Å²) in [5.41, 5.74) is -1.08. The van der Waals surface area contributed by atoms with E-state index in [1.54, 1.807) is 0 Å². The molecule has 0 saturated carbocycles. The monoisotopic (exact) mass is 421 g/mol. The minimum atomic E-state index is -1.03. The number of amides is 1. The summed E-state index contributed by atoms with van der Waals surface area (Å²) in [5, 5.41) is 27.9. The molecule has 0 aliphatic heterocycles. The Bertz CT molecular complexity index is 1030. The van der Waals surface area contributed by atoms with Crippen LogP contribution in [0.5, 0.6) is 0 Å². The van der Waals surface area contributed by atoms with Gasteiger partial charge in [0.2, 0.25) is 5.91 Å². The van der Waals surface area contributed by atoms with E-state index >= 15 is 0 Å². The zero-order valence-electron chi connectivity index (χ0n) is 15.9. The van der Waals surface area contributed by atoms with Crippen LogP contribution in [0.25, 0.3) is 0 Å². The lowest BCUT2D eigenvalue weighted by Gasteiger charge is -2.09. The summed E-state index contributed by atoms with van der Waals surface area (Å²) >= 11 is 0. The van der Waals surface area contributed by atoms with Crippen LogP contribution in [-0.4, -0.2) is 51.7 Å². The first-order valence-corrected chi connectivity index (χ1v) is 8.06. The smallest absolute Gasteiger partial charge is 0.465 e. The molecule has 14 nitrogen and oxygen atoms in total. The highest BCUT2D eigenvalue weighted by atomic mass is 16.6. The standard InChI is InChI=1S/C16H15N5O9/c1-8-13(20(25)26)14(21(27)28)18-19(8)7-12(22)17-11-5-9(15(23)29-2)4-10(6-11)16(24)30-3/h4-6H,7H2,1-3H3,(H,17,22). The predicted octanol–water partition coefficient (Wildman–Crippen LogP) is 1.22. The third-order valence-electron chi connectivity index (χ3n) is 3.86. The molecule has 0 atom stereocenters. The number of methoxy groups -OCH3 is 2. The van der Waals surface area contributed by atoms with Crippen molar-refractivity contribution in [2.24, 2.45) is 0 Å². The van der Waals surface area contributed by atoms with Gasteiger partial charge in [-0.2, -0.15) is 4.68 Å². The second kappa shape index (κ2) is 8.76. The molecule has 30 heavy (non-hydrogen) atoms. The molecular formula is C16H15N5O9. The summed E-state index contributed by atoms with van der Waals surface area (Å²) in [6, 6.07) is 3.67. The lowest BCUT2D eigenvalue weighted by molar-refractivity contribution is -0.424. The Hall–Kier alpha value is -4.36. The molecule has 0 spiro atoms. The molecule has 1 aromatic heterocycles. The fraction of sp³-hybridized carbons (Fsp3) is 0.250. The maximum atomic E-state index is 12.4. The van der Waals surface area contributed by atoms with Crippen molar-refractivity contribution in [2.45, 2.75) is 13.5 Å². The van der Waals surface area contributed by atoms with Crippen molar-refractivity contribution in [1.29, 1.82) is 0 Å². The van der Waals surface area contributed by atoms with Crippen LogP contribution in [0, 0.1) is 27.2 Å². The number of hydrogen-bond donors (Lipinski definition) is 1. The topological polar surface area (TPSA) is 186 Å². The Kier molecular flexibility index (Phi) is 6.41. The Balaban J connectivity index is 2.33. The average Bonchev–Trinajstić information content (AvgIpc) is 3.02. The van der Waals surface area contributed by atoms with Gasteiger partial charge in [-0.15, -0.1) is 0 Å². The lowest BCUT2D eigenvalue weighted by atomic mass is 10.1. The van der Waals surface area contributed by atoms with Crippen molar-refractivity contribution in [3.8, 4) is 0 Å². The van der Waals surface area contributed by atoms with Crippen molar-refractivity contribution in [2.75, 3.05) is 19.5 Å². The largest absolute Gasteiger partial charge is 0.468 e. The van der Waals surface area contributed by atoms with E-state index in [1.807, 2.05) is 0 Å². The third kappa shape index (κ3) is 4.54. The van der Waals surface area contributed by atoms with Crippen molar-refractivity contribution < 1.29 is 33.7 Å². The van der Waals surface area contributed by atoms with Gasteiger partial charge in [-0.3, -0.25) is 14.9 Å². The number of carbonyl (C=O) groups excluding carboxylic acids is 3. The van der Waals surface area contributed by atoms with E-state index in [1.165, 1.54) is 25.1 Å². The van der Waals surface area contributed by atoms with Crippen LogP contribution >= 0.6 is 0 Å². The molecule has 2 rings (SSSR count). The van der Waals surface area contributed by atoms with E-state index in [-0.39, 0.29) is 22.5 Å². The van der Waals surface area contributed by atoms with Crippen molar-refractivity contribution >= 4 is 35.0 Å². The van der Waals surface area contributed by atoms with Gasteiger partial charge >= 0.3 is 23.4 Å². The molecule has 0 aliphatic rings. The van der Waals surface area contributed by atoms with Gasteiger partial charge in [-0.05, 0) is 30.0 Å². The minimum Gasteiger partial charge on any atom is -0.465 e. The number of esters is 2. The molecule has 0 saturated heterocycles. The van der Waals surface area contributed by atoms with Gasteiger partial charge in [0.1, 0.15) is 12.2 Å². The lowest BCUT2D eigenvalue weighted by Crippen LogP contribution is -2.21. The summed E-state index contributed by atoms with van der Waals surface area (Å²) in [5.74, 6) is -3.31. The number of anilines is 1. The van der Waals surface area contributed by atoms with Gasteiger partial charge in [-0.1, -0.05) is 0 Å². The molecule has 0 radical (unpaired) electrons. The van der Waals surface area contributed by atoms with Crippen LogP contribution in [0.4, 0.5) is 17.2 Å². The zero-order valence-corrected chi connectivity index (χ0v) is 15.9. The van der Waals surface area contributed by atoms with Gasteiger partial charge in [0.25, 0.3) is 0 Å². The number of benzene rings is 1. The Labute approximate surface area is 167 Å². The van der Waals surface area contributed by atoms with Crippen molar-refractivity contribution in [3.05, 3.63) is 55.2 Å². The van der Waals surface area contributed by atoms with Crippen LogP contribution in [-0.2, 0) is 20.8 Å². The molecule has 14 heteroatoms. The van der Waals surface area contributed by atoms with Crippen molar-refractivity contribution in [1.82, 2.24) is 9.78 Å². The van der Waals surface area contributed by atoms with Crippen LogP contribution in [0.1, 0.15) is 26.4 Å². The Morgan fingerprint density at radius 2 is 1.57 bits per heavy atom. The summed E-state index contributed by atoms with van der Waals surface area (Å²) in [4.78, 5) is 56.0. The number of nitrogens with zero attached hydrogens (tertiary/aromatic N) is 4. The molecule has 1 amide bonds. The normalized spacial score (nSPS) is 10.2. The van der Waals surface area contributed by atoms with E-state index in [4.69, 9.17) is 0 Å². The fourth-order valence-corrected chi connectivity index (χ4v) is 2.52. The highest BCUT2D eigenvalue weighted by Crippen LogP contribution is 2.29. The summed E-state index contributed by atoms with van der Waals surface area (Å²) in [6.45, 7) is 0.606. The van der Waals surface area contributed by atoms with Crippen LogP contribution in [0.2, 0.25) is 0 Å². The SMILES string of the molecule is COC(=O)c1cc(NC(=O)Cn2nc([N+](=O)[O-])c([N+](=O)[O-])c2C)cc(C(=O)OC)c1. The number of carbonyl (C=O) groups is 3. The molecular weight excluding hydrogens is 406 g/mol. The number of ether oxygens (including phenoxy) is 2. The zero-order chi connectivity index (χ0) is 22.6. The first-order chi connectivity index (χ1) is 14.1. The molecule has 0 aliphatic carbocycles.